The molecule has 0 saturated carbocycles. The van der Waals surface area contributed by atoms with E-state index in [9.17, 15) is 8.42 Å². The van der Waals surface area contributed by atoms with Gasteiger partial charge in [-0.2, -0.15) is 5.26 Å². The van der Waals surface area contributed by atoms with Gasteiger partial charge in [0.25, 0.3) is 0 Å². The van der Waals surface area contributed by atoms with Crippen molar-refractivity contribution in [2.45, 2.75) is 4.90 Å². The second-order valence-corrected chi connectivity index (χ2v) is 5.18. The van der Waals surface area contributed by atoms with Crippen molar-refractivity contribution in [1.29, 1.82) is 5.26 Å². The predicted molar refractivity (Wildman–Crippen MR) is 56.1 cm³/mol. The second kappa shape index (κ2) is 4.40. The van der Waals surface area contributed by atoms with Crippen LogP contribution in [0.3, 0.4) is 0 Å². The van der Waals surface area contributed by atoms with Crippen molar-refractivity contribution in [2.75, 3.05) is 0 Å². The Hall–Kier alpha value is -1.12. The highest BCUT2D eigenvalue weighted by Gasteiger charge is 2.08. The molecule has 5 heteroatoms. The molecule has 0 saturated heterocycles. The second-order valence-electron chi connectivity index (χ2n) is 2.43. The molecule has 0 N–H and O–H groups in total. The van der Waals surface area contributed by atoms with Gasteiger partial charge in [-0.25, -0.2) is 8.42 Å². The highest BCUT2D eigenvalue weighted by Crippen LogP contribution is 2.16. The van der Waals surface area contributed by atoms with Crippen LogP contribution in [0.4, 0.5) is 0 Å². The number of rotatable bonds is 2. The molecule has 1 aromatic carbocycles. The van der Waals surface area contributed by atoms with Crippen molar-refractivity contribution in [3.63, 3.8) is 0 Å². The maximum absolute atomic E-state index is 11.4. The zero-order valence-electron chi connectivity index (χ0n) is 7.01. The first-order chi connectivity index (χ1) is 6.56. The lowest BCUT2D eigenvalue weighted by Gasteiger charge is -1.97. The molecule has 0 aliphatic heterocycles. The van der Waals surface area contributed by atoms with Gasteiger partial charge in [0.15, 0.2) is 0 Å². The number of nitrogens with zero attached hydrogens (tertiary/aromatic N) is 1. The van der Waals surface area contributed by atoms with E-state index < -0.39 is 9.84 Å². The SMILES string of the molecule is N#C/C=C\S(=O)(=O)c1ccc(Br)cc1. The Balaban J connectivity index is 3.13. The standard InChI is InChI=1S/C9H6BrNO2S/c10-8-2-4-9(5-3-8)14(12,13)7-1-6-11/h1-5,7H/b7-1-. The first-order valence-corrected chi connectivity index (χ1v) is 5.97. The van der Waals surface area contributed by atoms with E-state index in [4.69, 9.17) is 5.26 Å². The van der Waals surface area contributed by atoms with E-state index >= 15 is 0 Å². The summed E-state index contributed by atoms with van der Waals surface area (Å²) in [6.07, 6.45) is 0.942. The van der Waals surface area contributed by atoms with Crippen molar-refractivity contribution < 1.29 is 8.42 Å². The Morgan fingerprint density at radius 2 is 1.86 bits per heavy atom. The average Bonchev–Trinajstić information content (AvgIpc) is 2.16. The minimum Gasteiger partial charge on any atom is -0.219 e. The lowest BCUT2D eigenvalue weighted by Crippen LogP contribution is -1.95. The van der Waals surface area contributed by atoms with E-state index in [1.165, 1.54) is 12.1 Å². The van der Waals surface area contributed by atoms with E-state index in [-0.39, 0.29) is 4.90 Å². The molecule has 0 aliphatic carbocycles. The molecule has 1 aromatic rings. The van der Waals surface area contributed by atoms with E-state index in [0.717, 1.165) is 16.0 Å². The van der Waals surface area contributed by atoms with Crippen LogP contribution < -0.4 is 0 Å². The number of hydrogen-bond donors (Lipinski definition) is 0. The van der Waals surface area contributed by atoms with Crippen molar-refractivity contribution in [3.8, 4) is 6.07 Å². The van der Waals surface area contributed by atoms with Crippen LogP contribution in [0.2, 0.25) is 0 Å². The fraction of sp³-hybridized carbons (Fsp3) is 0. The van der Waals surface area contributed by atoms with Gasteiger partial charge in [0.05, 0.1) is 11.0 Å². The van der Waals surface area contributed by atoms with Gasteiger partial charge in [0.2, 0.25) is 9.84 Å². The third-order valence-corrected chi connectivity index (χ3v) is 3.42. The molecule has 0 atom stereocenters. The number of hydrogen-bond acceptors (Lipinski definition) is 3. The molecule has 0 heterocycles. The maximum atomic E-state index is 11.4. The molecule has 0 unspecified atom stereocenters. The molecular formula is C9H6BrNO2S. The number of sulfone groups is 1. The van der Waals surface area contributed by atoms with Crippen molar-refractivity contribution in [2.24, 2.45) is 0 Å². The molecule has 1 rings (SSSR count). The normalized spacial score (nSPS) is 11.4. The topological polar surface area (TPSA) is 57.9 Å². The summed E-state index contributed by atoms with van der Waals surface area (Å²) in [6.45, 7) is 0. The summed E-state index contributed by atoms with van der Waals surface area (Å²) in [4.78, 5) is 0.173. The molecule has 0 bridgehead atoms. The summed E-state index contributed by atoms with van der Waals surface area (Å²) in [6, 6.07) is 7.85. The zero-order valence-corrected chi connectivity index (χ0v) is 9.42. The molecule has 0 amide bonds. The number of allylic oxidation sites excluding steroid dienone is 1. The van der Waals surface area contributed by atoms with E-state index in [0.29, 0.717) is 0 Å². The van der Waals surface area contributed by atoms with E-state index in [1.807, 2.05) is 0 Å². The maximum Gasteiger partial charge on any atom is 0.200 e. The fourth-order valence-electron chi connectivity index (χ4n) is 0.823. The molecule has 0 aromatic heterocycles. The van der Waals surface area contributed by atoms with E-state index in [2.05, 4.69) is 15.9 Å². The smallest absolute Gasteiger partial charge is 0.200 e. The largest absolute Gasteiger partial charge is 0.219 e. The van der Waals surface area contributed by atoms with Gasteiger partial charge in [-0.15, -0.1) is 0 Å². The quantitative estimate of drug-likeness (QED) is 0.776. The van der Waals surface area contributed by atoms with Gasteiger partial charge in [-0.1, -0.05) is 15.9 Å². The summed E-state index contributed by atoms with van der Waals surface area (Å²) in [5.41, 5.74) is 0. The summed E-state index contributed by atoms with van der Waals surface area (Å²) in [5.74, 6) is 0. The minimum atomic E-state index is -3.46. The Kier molecular flexibility index (Phi) is 3.44. The number of benzene rings is 1. The number of nitriles is 1. The van der Waals surface area contributed by atoms with Gasteiger partial charge in [0, 0.05) is 16.0 Å². The van der Waals surface area contributed by atoms with Crippen LogP contribution in [-0.2, 0) is 9.84 Å². The monoisotopic (exact) mass is 271 g/mol. The Morgan fingerprint density at radius 3 is 2.36 bits per heavy atom. The highest BCUT2D eigenvalue weighted by molar-refractivity contribution is 9.10. The van der Waals surface area contributed by atoms with Crippen LogP contribution in [0, 0.1) is 11.3 Å². The third-order valence-electron chi connectivity index (χ3n) is 1.46. The molecule has 0 radical (unpaired) electrons. The van der Waals surface area contributed by atoms with Gasteiger partial charge in [-0.05, 0) is 24.3 Å². The van der Waals surface area contributed by atoms with Crippen molar-refractivity contribution in [3.05, 3.63) is 40.2 Å². The molecular weight excluding hydrogens is 266 g/mol. The van der Waals surface area contributed by atoms with Gasteiger partial charge in [0.1, 0.15) is 0 Å². The van der Waals surface area contributed by atoms with Crippen LogP contribution in [0.15, 0.2) is 45.1 Å². The molecule has 0 aliphatic rings. The predicted octanol–water partition coefficient (Wildman–Crippen LogP) is 2.26. The molecule has 72 valence electrons. The van der Waals surface area contributed by atoms with Gasteiger partial charge < -0.3 is 0 Å². The van der Waals surface area contributed by atoms with Gasteiger partial charge in [-0.3, -0.25) is 0 Å². The van der Waals surface area contributed by atoms with Crippen LogP contribution in [0.25, 0.3) is 0 Å². The summed E-state index contributed by atoms with van der Waals surface area (Å²) >= 11 is 3.20. The summed E-state index contributed by atoms with van der Waals surface area (Å²) in [5, 5.41) is 9.10. The van der Waals surface area contributed by atoms with Gasteiger partial charge >= 0.3 is 0 Å². The van der Waals surface area contributed by atoms with Crippen LogP contribution in [-0.4, -0.2) is 8.42 Å². The molecule has 0 fully saturated rings. The average molecular weight is 272 g/mol. The number of halogens is 1. The lowest BCUT2D eigenvalue weighted by atomic mass is 10.4. The van der Waals surface area contributed by atoms with E-state index in [1.54, 1.807) is 18.2 Å². The molecule has 0 spiro atoms. The Morgan fingerprint density at radius 1 is 1.29 bits per heavy atom. The van der Waals surface area contributed by atoms with Crippen LogP contribution in [0.1, 0.15) is 0 Å². The summed E-state index contributed by atoms with van der Waals surface area (Å²) < 4.78 is 23.7. The third kappa shape index (κ3) is 2.69. The lowest BCUT2D eigenvalue weighted by molar-refractivity contribution is 0.604. The highest BCUT2D eigenvalue weighted by atomic mass is 79.9. The Labute approximate surface area is 90.7 Å². The molecule has 14 heavy (non-hydrogen) atoms. The van der Waals surface area contributed by atoms with Crippen molar-refractivity contribution >= 4 is 25.8 Å². The zero-order chi connectivity index (χ0) is 10.6. The summed E-state index contributed by atoms with van der Waals surface area (Å²) in [7, 11) is -3.46. The first-order valence-electron chi connectivity index (χ1n) is 3.63. The Bertz CT molecular complexity index is 483. The van der Waals surface area contributed by atoms with Crippen molar-refractivity contribution in [1.82, 2.24) is 0 Å². The van der Waals surface area contributed by atoms with Crippen LogP contribution >= 0.6 is 15.9 Å². The first kappa shape index (κ1) is 11.0. The minimum absolute atomic E-state index is 0.173. The molecule has 3 nitrogen and oxygen atoms in total. The fourth-order valence-corrected chi connectivity index (χ4v) is 2.00. The van der Waals surface area contributed by atoms with Crippen LogP contribution in [0.5, 0.6) is 0 Å².